The fourth-order valence-corrected chi connectivity index (χ4v) is 4.09. The van der Waals surface area contributed by atoms with E-state index in [9.17, 15) is 13.2 Å². The maximum Gasteiger partial charge on any atom is 0.240 e. The van der Waals surface area contributed by atoms with Crippen molar-refractivity contribution < 1.29 is 17.9 Å². The van der Waals surface area contributed by atoms with Gasteiger partial charge < -0.3 is 10.1 Å². The van der Waals surface area contributed by atoms with Crippen LogP contribution in [0.4, 0.5) is 0 Å². The molecule has 0 unspecified atom stereocenters. The highest BCUT2D eigenvalue weighted by Gasteiger charge is 2.41. The summed E-state index contributed by atoms with van der Waals surface area (Å²) in [6.45, 7) is 0.730. The maximum absolute atomic E-state index is 12.1. The molecule has 2 aliphatic rings. The van der Waals surface area contributed by atoms with Crippen molar-refractivity contribution in [2.45, 2.75) is 42.7 Å². The largest absolute Gasteiger partial charge is 0.376 e. The zero-order valence-corrected chi connectivity index (χ0v) is 14.8. The van der Waals surface area contributed by atoms with Crippen LogP contribution < -0.4 is 10.0 Å². The molecule has 1 aromatic carbocycles. The molecule has 8 heteroatoms. The SMILES string of the molecule is O=C(CCNS(=O)(=O)c1ccc(Cl)cc1)N[C@@H]1CCO[C@@H]1C1CC1. The third kappa shape index (κ3) is 4.47. The molecule has 0 radical (unpaired) electrons. The Labute approximate surface area is 147 Å². The molecule has 24 heavy (non-hydrogen) atoms. The minimum Gasteiger partial charge on any atom is -0.376 e. The molecule has 1 aromatic rings. The lowest BCUT2D eigenvalue weighted by molar-refractivity contribution is -0.122. The number of carbonyl (C=O) groups excluding carboxylic acids is 1. The summed E-state index contributed by atoms with van der Waals surface area (Å²) in [6.07, 6.45) is 3.37. The number of nitrogens with one attached hydrogen (secondary N) is 2. The number of benzene rings is 1. The van der Waals surface area contributed by atoms with Crippen LogP contribution in [-0.2, 0) is 19.6 Å². The minimum absolute atomic E-state index is 0.0536. The molecular formula is C16H21ClN2O4S. The molecule has 1 aliphatic heterocycles. The van der Waals surface area contributed by atoms with E-state index in [0.717, 1.165) is 19.3 Å². The molecule has 1 heterocycles. The Morgan fingerprint density at radius 1 is 1.21 bits per heavy atom. The van der Waals surface area contributed by atoms with E-state index in [0.29, 0.717) is 17.5 Å². The first-order chi connectivity index (χ1) is 11.5. The molecule has 1 saturated heterocycles. The monoisotopic (exact) mass is 372 g/mol. The highest BCUT2D eigenvalue weighted by atomic mass is 35.5. The van der Waals surface area contributed by atoms with Crippen molar-refractivity contribution in [1.82, 2.24) is 10.0 Å². The second kappa shape index (κ2) is 7.39. The van der Waals surface area contributed by atoms with E-state index in [1.807, 2.05) is 0 Å². The van der Waals surface area contributed by atoms with Gasteiger partial charge in [-0.05, 0) is 49.4 Å². The fraction of sp³-hybridized carbons (Fsp3) is 0.562. The Bertz CT molecular complexity index is 689. The van der Waals surface area contributed by atoms with Crippen LogP contribution in [0.5, 0.6) is 0 Å². The highest BCUT2D eigenvalue weighted by Crippen LogP contribution is 2.38. The minimum atomic E-state index is -3.63. The molecule has 132 valence electrons. The second-order valence-corrected chi connectivity index (χ2v) is 8.44. The molecule has 0 aromatic heterocycles. The maximum atomic E-state index is 12.1. The van der Waals surface area contributed by atoms with Crippen LogP contribution in [0.1, 0.15) is 25.7 Å². The van der Waals surface area contributed by atoms with Gasteiger partial charge in [0.15, 0.2) is 0 Å². The zero-order valence-electron chi connectivity index (χ0n) is 13.2. The number of rotatable bonds is 7. The van der Waals surface area contributed by atoms with Gasteiger partial charge in [0.05, 0.1) is 17.0 Å². The summed E-state index contributed by atoms with van der Waals surface area (Å²) in [7, 11) is -3.63. The van der Waals surface area contributed by atoms with E-state index < -0.39 is 10.0 Å². The number of hydrogen-bond acceptors (Lipinski definition) is 4. The number of ether oxygens (including phenoxy) is 1. The first-order valence-electron chi connectivity index (χ1n) is 8.12. The summed E-state index contributed by atoms with van der Waals surface area (Å²) in [4.78, 5) is 12.2. The van der Waals surface area contributed by atoms with Crippen molar-refractivity contribution in [3.05, 3.63) is 29.3 Å². The van der Waals surface area contributed by atoms with E-state index in [4.69, 9.17) is 16.3 Å². The predicted molar refractivity (Wildman–Crippen MR) is 90.3 cm³/mol. The van der Waals surface area contributed by atoms with E-state index in [1.165, 1.54) is 24.3 Å². The molecule has 1 aliphatic carbocycles. The predicted octanol–water partition coefficient (Wildman–Crippen LogP) is 1.69. The third-order valence-corrected chi connectivity index (χ3v) is 6.07. The molecular weight excluding hydrogens is 352 g/mol. The molecule has 1 saturated carbocycles. The number of carbonyl (C=O) groups is 1. The lowest BCUT2D eigenvalue weighted by Crippen LogP contribution is -2.42. The van der Waals surface area contributed by atoms with Gasteiger partial charge in [0, 0.05) is 24.6 Å². The zero-order chi connectivity index (χ0) is 17.2. The summed E-state index contributed by atoms with van der Waals surface area (Å²) >= 11 is 5.75. The van der Waals surface area contributed by atoms with Crippen LogP contribution >= 0.6 is 11.6 Å². The fourth-order valence-electron chi connectivity index (χ4n) is 2.93. The van der Waals surface area contributed by atoms with Crippen molar-refractivity contribution >= 4 is 27.5 Å². The molecule has 0 spiro atoms. The summed E-state index contributed by atoms with van der Waals surface area (Å²) in [5.41, 5.74) is 0. The average Bonchev–Trinajstić information content (AvgIpc) is 3.28. The Kier molecular flexibility index (Phi) is 5.44. The van der Waals surface area contributed by atoms with Crippen molar-refractivity contribution in [1.29, 1.82) is 0 Å². The van der Waals surface area contributed by atoms with Crippen molar-refractivity contribution in [2.24, 2.45) is 5.92 Å². The number of sulfonamides is 1. The van der Waals surface area contributed by atoms with Crippen LogP contribution in [0.15, 0.2) is 29.2 Å². The van der Waals surface area contributed by atoms with Gasteiger partial charge in [-0.15, -0.1) is 0 Å². The van der Waals surface area contributed by atoms with Crippen LogP contribution in [0.25, 0.3) is 0 Å². The van der Waals surface area contributed by atoms with Crippen LogP contribution in [0, 0.1) is 5.92 Å². The quantitative estimate of drug-likeness (QED) is 0.762. The van der Waals surface area contributed by atoms with Gasteiger partial charge in [0.2, 0.25) is 15.9 Å². The normalized spacial score (nSPS) is 24.0. The average molecular weight is 373 g/mol. The number of hydrogen-bond donors (Lipinski definition) is 2. The number of halogens is 1. The first-order valence-corrected chi connectivity index (χ1v) is 9.98. The summed E-state index contributed by atoms with van der Waals surface area (Å²) in [5.74, 6) is 0.413. The molecule has 0 bridgehead atoms. The second-order valence-electron chi connectivity index (χ2n) is 6.24. The van der Waals surface area contributed by atoms with Gasteiger partial charge in [-0.25, -0.2) is 13.1 Å². The lowest BCUT2D eigenvalue weighted by atomic mass is 10.1. The molecule has 6 nitrogen and oxygen atoms in total. The van der Waals surface area contributed by atoms with Gasteiger partial charge in [-0.3, -0.25) is 4.79 Å². The van der Waals surface area contributed by atoms with Crippen molar-refractivity contribution in [3.8, 4) is 0 Å². The highest BCUT2D eigenvalue weighted by molar-refractivity contribution is 7.89. The van der Waals surface area contributed by atoms with Crippen LogP contribution in [0.2, 0.25) is 5.02 Å². The third-order valence-electron chi connectivity index (χ3n) is 4.34. The van der Waals surface area contributed by atoms with Crippen LogP contribution in [0.3, 0.4) is 0 Å². The van der Waals surface area contributed by atoms with Gasteiger partial charge in [-0.1, -0.05) is 11.6 Å². The number of amides is 1. The molecule has 1 amide bonds. The van der Waals surface area contributed by atoms with Gasteiger partial charge in [0.25, 0.3) is 0 Å². The van der Waals surface area contributed by atoms with Gasteiger partial charge in [-0.2, -0.15) is 0 Å². The van der Waals surface area contributed by atoms with Crippen molar-refractivity contribution in [3.63, 3.8) is 0 Å². The summed E-state index contributed by atoms with van der Waals surface area (Å²) in [6, 6.07) is 5.95. The topological polar surface area (TPSA) is 84.5 Å². The smallest absolute Gasteiger partial charge is 0.240 e. The summed E-state index contributed by atoms with van der Waals surface area (Å²) < 4.78 is 32.3. The van der Waals surface area contributed by atoms with Crippen LogP contribution in [-0.4, -0.2) is 39.6 Å². The Morgan fingerprint density at radius 2 is 1.92 bits per heavy atom. The van der Waals surface area contributed by atoms with Gasteiger partial charge >= 0.3 is 0 Å². The summed E-state index contributed by atoms with van der Waals surface area (Å²) in [5, 5.41) is 3.44. The molecule has 2 N–H and O–H groups in total. The van der Waals surface area contributed by atoms with Crippen molar-refractivity contribution in [2.75, 3.05) is 13.2 Å². The Hall–Kier alpha value is -1.15. The molecule has 2 atom stereocenters. The van der Waals surface area contributed by atoms with E-state index in [-0.39, 0.29) is 35.9 Å². The molecule has 3 rings (SSSR count). The van der Waals surface area contributed by atoms with Gasteiger partial charge in [0.1, 0.15) is 0 Å². The Morgan fingerprint density at radius 3 is 2.58 bits per heavy atom. The van der Waals surface area contributed by atoms with E-state index >= 15 is 0 Å². The standard InChI is InChI=1S/C16H21ClN2O4S/c17-12-3-5-13(6-4-12)24(21,22)18-9-7-15(20)19-14-8-10-23-16(14)11-1-2-11/h3-6,11,14,16,18H,1-2,7-10H2,(H,19,20)/t14-,16-/m1/s1. The lowest BCUT2D eigenvalue weighted by Gasteiger charge is -2.19. The molecule has 2 fully saturated rings. The first kappa shape index (κ1) is 17.7. The van der Waals surface area contributed by atoms with E-state index in [2.05, 4.69) is 10.0 Å². The van der Waals surface area contributed by atoms with E-state index in [1.54, 1.807) is 0 Å². The Balaban J connectivity index is 1.45.